The van der Waals surface area contributed by atoms with Gasteiger partial charge in [-0.05, 0) is 19.1 Å². The average molecular weight is 227 g/mol. The van der Waals surface area contributed by atoms with Crippen molar-refractivity contribution in [2.45, 2.75) is 6.92 Å². The number of carboxylic acid groups (broad SMARTS) is 1. The van der Waals surface area contributed by atoms with Crippen LogP contribution in [0.25, 0.3) is 0 Å². The molecule has 1 rings (SSSR count). The zero-order valence-corrected chi connectivity index (χ0v) is 8.86. The summed E-state index contributed by atoms with van der Waals surface area (Å²) in [5.74, 6) is -1.93. The van der Waals surface area contributed by atoms with Gasteiger partial charge in [0.05, 0.1) is 6.61 Å². The maximum absolute atomic E-state index is 11.4. The highest BCUT2D eigenvalue weighted by Gasteiger charge is 2.13. The van der Waals surface area contributed by atoms with E-state index in [9.17, 15) is 9.59 Å². The van der Waals surface area contributed by atoms with Crippen LogP contribution in [0, 0.1) is 0 Å². The van der Waals surface area contributed by atoms with Gasteiger partial charge in [0.15, 0.2) is 5.76 Å². The first-order valence-corrected chi connectivity index (χ1v) is 4.84. The van der Waals surface area contributed by atoms with Crippen molar-refractivity contribution >= 4 is 11.9 Å². The number of amides is 1. The molecule has 6 heteroatoms. The fourth-order valence-electron chi connectivity index (χ4n) is 1.04. The van der Waals surface area contributed by atoms with E-state index in [1.807, 2.05) is 6.92 Å². The molecule has 16 heavy (non-hydrogen) atoms. The predicted octanol–water partition coefficient (Wildman–Crippen LogP) is 0.744. The van der Waals surface area contributed by atoms with Gasteiger partial charge in [0.2, 0.25) is 5.76 Å². The molecule has 0 fully saturated rings. The third kappa shape index (κ3) is 3.39. The van der Waals surface area contributed by atoms with Crippen molar-refractivity contribution in [2.24, 2.45) is 0 Å². The second-order valence-electron chi connectivity index (χ2n) is 2.92. The molecule has 1 heterocycles. The van der Waals surface area contributed by atoms with E-state index in [4.69, 9.17) is 14.3 Å². The van der Waals surface area contributed by atoms with Crippen LogP contribution in [0.5, 0.6) is 0 Å². The van der Waals surface area contributed by atoms with Gasteiger partial charge in [-0.25, -0.2) is 4.79 Å². The van der Waals surface area contributed by atoms with Crippen LogP contribution in [0.4, 0.5) is 0 Å². The Hall–Kier alpha value is -1.82. The summed E-state index contributed by atoms with van der Waals surface area (Å²) in [4.78, 5) is 21.9. The maximum atomic E-state index is 11.4. The topological polar surface area (TPSA) is 88.8 Å². The molecule has 0 aliphatic carbocycles. The van der Waals surface area contributed by atoms with E-state index in [2.05, 4.69) is 5.32 Å². The summed E-state index contributed by atoms with van der Waals surface area (Å²) in [6.45, 7) is 3.21. The van der Waals surface area contributed by atoms with E-state index in [0.717, 1.165) is 0 Å². The number of rotatable bonds is 6. The fourth-order valence-corrected chi connectivity index (χ4v) is 1.04. The van der Waals surface area contributed by atoms with Gasteiger partial charge in [-0.15, -0.1) is 0 Å². The van der Waals surface area contributed by atoms with Gasteiger partial charge in [0, 0.05) is 13.2 Å². The first kappa shape index (κ1) is 12.3. The van der Waals surface area contributed by atoms with Crippen molar-refractivity contribution in [3.05, 3.63) is 23.7 Å². The highest BCUT2D eigenvalue weighted by atomic mass is 16.5. The lowest BCUT2D eigenvalue weighted by atomic mass is 10.4. The quantitative estimate of drug-likeness (QED) is 0.700. The Morgan fingerprint density at radius 3 is 2.69 bits per heavy atom. The van der Waals surface area contributed by atoms with E-state index >= 15 is 0 Å². The van der Waals surface area contributed by atoms with Crippen LogP contribution in [0.15, 0.2) is 16.5 Å². The number of carbonyl (C=O) groups excluding carboxylic acids is 1. The molecule has 0 saturated heterocycles. The Morgan fingerprint density at radius 2 is 2.12 bits per heavy atom. The lowest BCUT2D eigenvalue weighted by Gasteiger charge is -2.02. The Morgan fingerprint density at radius 1 is 1.44 bits per heavy atom. The van der Waals surface area contributed by atoms with Crippen LogP contribution in [-0.2, 0) is 4.74 Å². The van der Waals surface area contributed by atoms with Gasteiger partial charge < -0.3 is 19.6 Å². The predicted molar refractivity (Wildman–Crippen MR) is 54.5 cm³/mol. The normalized spacial score (nSPS) is 10.1. The molecule has 0 unspecified atom stereocenters. The SMILES string of the molecule is CCOCCNC(=O)c1ccc(C(=O)O)o1. The highest BCUT2D eigenvalue weighted by Crippen LogP contribution is 2.07. The van der Waals surface area contributed by atoms with E-state index in [-0.39, 0.29) is 11.5 Å². The summed E-state index contributed by atoms with van der Waals surface area (Å²) >= 11 is 0. The third-order valence-corrected chi connectivity index (χ3v) is 1.78. The summed E-state index contributed by atoms with van der Waals surface area (Å²) in [5.41, 5.74) is 0. The first-order chi connectivity index (χ1) is 7.65. The monoisotopic (exact) mass is 227 g/mol. The van der Waals surface area contributed by atoms with Crippen molar-refractivity contribution in [1.82, 2.24) is 5.32 Å². The molecule has 1 aromatic heterocycles. The van der Waals surface area contributed by atoms with Crippen LogP contribution in [0.2, 0.25) is 0 Å². The lowest BCUT2D eigenvalue weighted by molar-refractivity contribution is 0.0659. The number of hydrogen-bond donors (Lipinski definition) is 2. The smallest absolute Gasteiger partial charge is 0.371 e. The number of ether oxygens (including phenoxy) is 1. The van der Waals surface area contributed by atoms with E-state index < -0.39 is 11.9 Å². The summed E-state index contributed by atoms with van der Waals surface area (Å²) < 4.78 is 9.84. The van der Waals surface area contributed by atoms with Crippen LogP contribution in [-0.4, -0.2) is 36.7 Å². The zero-order chi connectivity index (χ0) is 12.0. The Bertz CT molecular complexity index is 371. The molecule has 6 nitrogen and oxygen atoms in total. The van der Waals surface area contributed by atoms with Gasteiger partial charge in [-0.2, -0.15) is 0 Å². The molecule has 0 saturated carbocycles. The molecular weight excluding hydrogens is 214 g/mol. The molecule has 88 valence electrons. The van der Waals surface area contributed by atoms with Gasteiger partial charge >= 0.3 is 5.97 Å². The van der Waals surface area contributed by atoms with Crippen LogP contribution < -0.4 is 5.32 Å². The first-order valence-electron chi connectivity index (χ1n) is 4.84. The van der Waals surface area contributed by atoms with Crippen LogP contribution in [0.3, 0.4) is 0 Å². The van der Waals surface area contributed by atoms with Crippen LogP contribution >= 0.6 is 0 Å². The van der Waals surface area contributed by atoms with Gasteiger partial charge in [0.25, 0.3) is 5.91 Å². The lowest BCUT2D eigenvalue weighted by Crippen LogP contribution is -2.26. The van der Waals surface area contributed by atoms with E-state index in [1.165, 1.54) is 12.1 Å². The van der Waals surface area contributed by atoms with E-state index in [0.29, 0.717) is 19.8 Å². The summed E-state index contributed by atoms with van der Waals surface area (Å²) in [7, 11) is 0. The summed E-state index contributed by atoms with van der Waals surface area (Å²) in [6, 6.07) is 2.55. The highest BCUT2D eigenvalue weighted by molar-refractivity contribution is 5.93. The molecule has 0 aromatic carbocycles. The fraction of sp³-hybridized carbons (Fsp3) is 0.400. The van der Waals surface area contributed by atoms with Crippen LogP contribution in [0.1, 0.15) is 28.0 Å². The molecular formula is C10H13NO5. The maximum Gasteiger partial charge on any atom is 0.371 e. The number of aromatic carboxylic acids is 1. The van der Waals surface area contributed by atoms with E-state index in [1.54, 1.807) is 0 Å². The summed E-state index contributed by atoms with van der Waals surface area (Å²) in [6.07, 6.45) is 0. The number of nitrogens with one attached hydrogen (secondary N) is 1. The molecule has 1 amide bonds. The van der Waals surface area contributed by atoms with Gasteiger partial charge in [-0.3, -0.25) is 4.79 Å². The molecule has 0 aliphatic heterocycles. The molecule has 0 atom stereocenters. The van der Waals surface area contributed by atoms with Gasteiger partial charge in [0.1, 0.15) is 0 Å². The van der Waals surface area contributed by atoms with Crippen molar-refractivity contribution in [1.29, 1.82) is 0 Å². The Kier molecular flexibility index (Phi) is 4.53. The van der Waals surface area contributed by atoms with Crippen molar-refractivity contribution < 1.29 is 23.8 Å². The minimum atomic E-state index is -1.20. The minimum Gasteiger partial charge on any atom is -0.475 e. The minimum absolute atomic E-state index is 0.0195. The zero-order valence-electron chi connectivity index (χ0n) is 8.86. The third-order valence-electron chi connectivity index (χ3n) is 1.78. The number of furan rings is 1. The van der Waals surface area contributed by atoms with Gasteiger partial charge in [-0.1, -0.05) is 0 Å². The molecule has 1 aromatic rings. The molecule has 0 bridgehead atoms. The molecule has 0 radical (unpaired) electrons. The van der Waals surface area contributed by atoms with Crippen molar-refractivity contribution in [3.63, 3.8) is 0 Å². The molecule has 0 spiro atoms. The standard InChI is InChI=1S/C10H13NO5/c1-2-15-6-5-11-9(12)7-3-4-8(16-7)10(13)14/h3-4H,2,5-6H2,1H3,(H,11,12)(H,13,14). The second kappa shape index (κ2) is 5.92. The summed E-state index contributed by atoms with van der Waals surface area (Å²) in [5, 5.41) is 11.1. The number of carbonyl (C=O) groups is 2. The number of hydrogen-bond acceptors (Lipinski definition) is 4. The Labute approximate surface area is 92.2 Å². The second-order valence-corrected chi connectivity index (χ2v) is 2.92. The van der Waals surface area contributed by atoms with Crippen molar-refractivity contribution in [2.75, 3.05) is 19.8 Å². The molecule has 0 aliphatic rings. The largest absolute Gasteiger partial charge is 0.475 e. The average Bonchev–Trinajstić information content (AvgIpc) is 2.73. The van der Waals surface area contributed by atoms with Crippen molar-refractivity contribution in [3.8, 4) is 0 Å². The Balaban J connectivity index is 2.43. The number of carboxylic acids is 1. The molecule has 2 N–H and O–H groups in total.